The summed E-state index contributed by atoms with van der Waals surface area (Å²) in [4.78, 5) is 0. The molecule has 21 heavy (non-hydrogen) atoms. The molecular weight excluding hydrogens is 256 g/mol. The Balaban J connectivity index is 2.24. The summed E-state index contributed by atoms with van der Waals surface area (Å²) in [7, 11) is 0. The fourth-order valence-electron chi connectivity index (χ4n) is 2.34. The molecule has 2 aromatic carbocycles. The third kappa shape index (κ3) is 4.32. The molecule has 0 spiro atoms. The van der Waals surface area contributed by atoms with Gasteiger partial charge in [-0.15, -0.1) is 0 Å². The normalized spacial score (nSPS) is 11.0. The predicted octanol–water partition coefficient (Wildman–Crippen LogP) is 5.13. The molecule has 0 atom stereocenters. The van der Waals surface area contributed by atoms with Crippen molar-refractivity contribution in [2.75, 3.05) is 5.32 Å². The lowest BCUT2D eigenvalue weighted by Crippen LogP contribution is -1.94. The molecule has 0 radical (unpaired) electrons. The minimum Gasteiger partial charge on any atom is -0.361 e. The molecule has 2 N–H and O–H groups in total. The van der Waals surface area contributed by atoms with E-state index in [4.69, 9.17) is 5.41 Å². The Bertz CT molecular complexity index is 610. The van der Waals surface area contributed by atoms with Crippen LogP contribution in [-0.4, -0.2) is 6.21 Å². The van der Waals surface area contributed by atoms with E-state index in [1.165, 1.54) is 22.9 Å². The van der Waals surface area contributed by atoms with Gasteiger partial charge in [0.2, 0.25) is 0 Å². The molecule has 2 rings (SSSR count). The van der Waals surface area contributed by atoms with E-state index in [1.807, 2.05) is 18.2 Å². The molecule has 0 saturated heterocycles. The quantitative estimate of drug-likeness (QED) is 0.706. The van der Waals surface area contributed by atoms with Crippen LogP contribution in [0.1, 0.15) is 19.4 Å². The van der Waals surface area contributed by atoms with Gasteiger partial charge in [0.1, 0.15) is 0 Å². The molecule has 2 heteroatoms. The van der Waals surface area contributed by atoms with E-state index in [2.05, 4.69) is 49.5 Å². The third-order valence-electron chi connectivity index (χ3n) is 3.27. The van der Waals surface area contributed by atoms with Crippen molar-refractivity contribution in [2.24, 2.45) is 5.92 Å². The van der Waals surface area contributed by atoms with Crippen molar-refractivity contribution in [3.05, 3.63) is 66.4 Å². The Kier molecular flexibility index (Phi) is 5.33. The molecular formula is C19H22N2. The van der Waals surface area contributed by atoms with Gasteiger partial charge in [-0.25, -0.2) is 0 Å². The van der Waals surface area contributed by atoms with E-state index >= 15 is 0 Å². The summed E-state index contributed by atoms with van der Waals surface area (Å²) in [5.74, 6) is 0.677. The van der Waals surface area contributed by atoms with Crippen molar-refractivity contribution in [2.45, 2.75) is 20.3 Å². The van der Waals surface area contributed by atoms with E-state index in [-0.39, 0.29) is 0 Å². The number of para-hydroxylation sites is 1. The fraction of sp³-hybridized carbons (Fsp3) is 0.211. The topological polar surface area (TPSA) is 35.9 Å². The number of hydrogen-bond acceptors (Lipinski definition) is 2. The summed E-state index contributed by atoms with van der Waals surface area (Å²) >= 11 is 0. The molecule has 0 unspecified atom stereocenters. The lowest BCUT2D eigenvalue weighted by Gasteiger charge is -2.11. The highest BCUT2D eigenvalue weighted by Crippen LogP contribution is 2.28. The van der Waals surface area contributed by atoms with Crippen LogP contribution in [0.15, 0.2) is 60.8 Å². The molecule has 0 aromatic heterocycles. The molecule has 0 saturated carbocycles. The van der Waals surface area contributed by atoms with Crippen molar-refractivity contribution in [3.63, 3.8) is 0 Å². The first kappa shape index (κ1) is 15.0. The largest absolute Gasteiger partial charge is 0.361 e. The van der Waals surface area contributed by atoms with Crippen LogP contribution in [-0.2, 0) is 6.42 Å². The maximum atomic E-state index is 7.01. The Morgan fingerprint density at radius 3 is 2.43 bits per heavy atom. The second-order valence-electron chi connectivity index (χ2n) is 5.51. The first-order valence-electron chi connectivity index (χ1n) is 7.31. The van der Waals surface area contributed by atoms with Crippen LogP contribution >= 0.6 is 0 Å². The summed E-state index contributed by atoms with van der Waals surface area (Å²) < 4.78 is 0. The summed E-state index contributed by atoms with van der Waals surface area (Å²) in [5.41, 5.74) is 4.80. The molecule has 0 heterocycles. The van der Waals surface area contributed by atoms with Crippen LogP contribution < -0.4 is 5.32 Å². The minimum absolute atomic E-state index is 0.677. The highest BCUT2D eigenvalue weighted by molar-refractivity contribution is 5.79. The summed E-state index contributed by atoms with van der Waals surface area (Å²) in [6, 6.07) is 17.0. The molecule has 0 aliphatic carbocycles. The van der Waals surface area contributed by atoms with E-state index in [0.29, 0.717) is 5.92 Å². The molecule has 2 nitrogen and oxygen atoms in total. The van der Waals surface area contributed by atoms with Gasteiger partial charge >= 0.3 is 0 Å². The van der Waals surface area contributed by atoms with Crippen molar-refractivity contribution in [3.8, 4) is 11.1 Å². The Morgan fingerprint density at radius 2 is 1.76 bits per heavy atom. The third-order valence-corrected chi connectivity index (χ3v) is 3.27. The highest BCUT2D eigenvalue weighted by atomic mass is 14.8. The van der Waals surface area contributed by atoms with Crippen molar-refractivity contribution >= 4 is 11.9 Å². The fourth-order valence-corrected chi connectivity index (χ4v) is 2.34. The van der Waals surface area contributed by atoms with E-state index in [9.17, 15) is 0 Å². The van der Waals surface area contributed by atoms with Crippen LogP contribution in [0, 0.1) is 11.3 Å². The van der Waals surface area contributed by atoms with Gasteiger partial charge in [0.25, 0.3) is 0 Å². The molecule has 0 bridgehead atoms. The summed E-state index contributed by atoms with van der Waals surface area (Å²) in [6.07, 6.45) is 5.82. The zero-order valence-electron chi connectivity index (χ0n) is 12.6. The standard InChI is InChI=1S/C19H22N2/c1-15(2)14-16-8-10-17(11-9-16)18-6-3-4-7-19(18)21-13-5-12-20/h3-13,15,20-21H,14H2,1-2H3/b13-5-,20-12?. The molecule has 108 valence electrons. The number of benzene rings is 2. The maximum absolute atomic E-state index is 7.01. The number of rotatable bonds is 6. The van der Waals surface area contributed by atoms with Gasteiger partial charge in [0, 0.05) is 23.7 Å². The zero-order valence-corrected chi connectivity index (χ0v) is 12.6. The first-order chi connectivity index (χ1) is 10.2. The van der Waals surface area contributed by atoms with Crippen LogP contribution in [0.25, 0.3) is 11.1 Å². The molecule has 0 aliphatic rings. The van der Waals surface area contributed by atoms with Gasteiger partial charge in [-0.3, -0.25) is 0 Å². The van der Waals surface area contributed by atoms with Gasteiger partial charge in [-0.2, -0.15) is 0 Å². The van der Waals surface area contributed by atoms with E-state index in [0.717, 1.165) is 12.1 Å². The molecule has 0 fully saturated rings. The number of hydrogen-bond donors (Lipinski definition) is 2. The zero-order chi connectivity index (χ0) is 15.1. The van der Waals surface area contributed by atoms with Gasteiger partial charge in [-0.05, 0) is 35.6 Å². The summed E-state index contributed by atoms with van der Waals surface area (Å²) in [5, 5.41) is 10.2. The minimum atomic E-state index is 0.677. The first-order valence-corrected chi connectivity index (χ1v) is 7.31. The Labute approximate surface area is 127 Å². The van der Waals surface area contributed by atoms with Crippen molar-refractivity contribution in [1.82, 2.24) is 0 Å². The molecule has 0 amide bonds. The van der Waals surface area contributed by atoms with Crippen LogP contribution in [0.3, 0.4) is 0 Å². The smallest absolute Gasteiger partial charge is 0.0459 e. The highest BCUT2D eigenvalue weighted by Gasteiger charge is 2.04. The van der Waals surface area contributed by atoms with Gasteiger partial charge in [0.15, 0.2) is 0 Å². The van der Waals surface area contributed by atoms with E-state index < -0.39 is 0 Å². The lowest BCUT2D eigenvalue weighted by atomic mass is 9.98. The monoisotopic (exact) mass is 278 g/mol. The Hall–Kier alpha value is -2.35. The number of nitrogens with one attached hydrogen (secondary N) is 2. The molecule has 0 aliphatic heterocycles. The maximum Gasteiger partial charge on any atom is 0.0459 e. The average Bonchev–Trinajstić information content (AvgIpc) is 2.48. The van der Waals surface area contributed by atoms with Crippen LogP contribution in [0.4, 0.5) is 5.69 Å². The van der Waals surface area contributed by atoms with Crippen LogP contribution in [0.2, 0.25) is 0 Å². The van der Waals surface area contributed by atoms with Crippen molar-refractivity contribution in [1.29, 1.82) is 5.41 Å². The molecule has 2 aromatic rings. The summed E-state index contributed by atoms with van der Waals surface area (Å²) in [6.45, 7) is 4.48. The predicted molar refractivity (Wildman–Crippen MR) is 92.0 cm³/mol. The van der Waals surface area contributed by atoms with Crippen LogP contribution in [0.5, 0.6) is 0 Å². The number of anilines is 1. The van der Waals surface area contributed by atoms with Crippen molar-refractivity contribution < 1.29 is 0 Å². The number of allylic oxidation sites excluding steroid dienone is 1. The Morgan fingerprint density at radius 1 is 1.05 bits per heavy atom. The SMILES string of the molecule is CC(C)Cc1ccc(-c2ccccc2N/C=C\C=N)cc1. The van der Waals surface area contributed by atoms with Gasteiger partial charge in [0.05, 0.1) is 0 Å². The second-order valence-corrected chi connectivity index (χ2v) is 5.51. The van der Waals surface area contributed by atoms with Gasteiger partial charge in [-0.1, -0.05) is 56.3 Å². The van der Waals surface area contributed by atoms with E-state index in [1.54, 1.807) is 12.3 Å². The lowest BCUT2D eigenvalue weighted by molar-refractivity contribution is 0.647. The van der Waals surface area contributed by atoms with Gasteiger partial charge < -0.3 is 10.7 Å². The second kappa shape index (κ2) is 7.44. The average molecular weight is 278 g/mol.